The Morgan fingerprint density at radius 1 is 0.933 bits per heavy atom. The third kappa shape index (κ3) is 7.02. The Bertz CT molecular complexity index is 1570. The molecule has 3 amide bonds. The fraction of sp³-hybridized carbons (Fsp3) is 0.394. The van der Waals surface area contributed by atoms with Gasteiger partial charge in [0.25, 0.3) is 0 Å². The molecule has 3 N–H and O–H groups in total. The van der Waals surface area contributed by atoms with Crippen LogP contribution in [-0.2, 0) is 17.8 Å². The van der Waals surface area contributed by atoms with E-state index in [4.69, 9.17) is 23.7 Å². The molecule has 0 aromatic heterocycles. The third-order valence-corrected chi connectivity index (χ3v) is 8.19. The van der Waals surface area contributed by atoms with Crippen LogP contribution in [-0.4, -0.2) is 79.3 Å². The molecule has 6 rings (SSSR count). The van der Waals surface area contributed by atoms with Crippen molar-refractivity contribution in [3.63, 3.8) is 0 Å². The molecule has 3 atom stereocenters. The highest BCUT2D eigenvalue weighted by atomic mass is 16.7. The lowest BCUT2D eigenvalue weighted by atomic mass is 10.0. The summed E-state index contributed by atoms with van der Waals surface area (Å²) < 4.78 is 28.3. The van der Waals surface area contributed by atoms with Crippen LogP contribution in [0.1, 0.15) is 25.0 Å². The summed E-state index contributed by atoms with van der Waals surface area (Å²) in [5.41, 5.74) is 2.79. The van der Waals surface area contributed by atoms with Gasteiger partial charge in [0, 0.05) is 48.6 Å². The van der Waals surface area contributed by atoms with E-state index in [2.05, 4.69) is 22.5 Å². The Labute approximate surface area is 261 Å². The summed E-state index contributed by atoms with van der Waals surface area (Å²) in [5.74, 6) is 3.09. The van der Waals surface area contributed by atoms with Crippen molar-refractivity contribution in [2.45, 2.75) is 39.0 Å². The lowest BCUT2D eigenvalue weighted by molar-refractivity contribution is -0.134. The Hall–Kier alpha value is -4.68. The van der Waals surface area contributed by atoms with E-state index >= 15 is 0 Å². The van der Waals surface area contributed by atoms with E-state index in [9.17, 15) is 14.7 Å². The molecule has 238 valence electrons. The van der Waals surface area contributed by atoms with E-state index in [1.54, 1.807) is 41.3 Å². The monoisotopic (exact) mass is 618 g/mol. The number of aliphatic hydroxyl groups excluding tert-OH is 1. The van der Waals surface area contributed by atoms with Crippen LogP contribution in [0.15, 0.2) is 54.6 Å². The van der Waals surface area contributed by atoms with E-state index in [0.717, 1.165) is 17.1 Å². The quantitative estimate of drug-likeness (QED) is 0.342. The van der Waals surface area contributed by atoms with Gasteiger partial charge in [0.2, 0.25) is 19.5 Å². The zero-order valence-electron chi connectivity index (χ0n) is 25.6. The molecule has 3 aliphatic rings. The highest BCUT2D eigenvalue weighted by Gasteiger charge is 2.31. The summed E-state index contributed by atoms with van der Waals surface area (Å²) in [7, 11) is 2.03. The van der Waals surface area contributed by atoms with Gasteiger partial charge >= 0.3 is 6.03 Å². The number of carbonyl (C=O) groups is 2. The van der Waals surface area contributed by atoms with Crippen molar-refractivity contribution in [3.05, 3.63) is 65.7 Å². The van der Waals surface area contributed by atoms with Crippen molar-refractivity contribution in [3.8, 4) is 28.7 Å². The predicted molar refractivity (Wildman–Crippen MR) is 166 cm³/mol. The van der Waals surface area contributed by atoms with Crippen LogP contribution < -0.4 is 34.3 Å². The van der Waals surface area contributed by atoms with E-state index < -0.39 is 6.03 Å². The Morgan fingerprint density at radius 3 is 2.27 bits per heavy atom. The second kappa shape index (κ2) is 13.1. The first-order valence-corrected chi connectivity index (χ1v) is 15.0. The normalized spacial score (nSPS) is 19.2. The van der Waals surface area contributed by atoms with Crippen molar-refractivity contribution >= 4 is 23.3 Å². The molecule has 0 fully saturated rings. The van der Waals surface area contributed by atoms with Gasteiger partial charge in [-0.3, -0.25) is 9.69 Å². The van der Waals surface area contributed by atoms with E-state index in [-0.39, 0.29) is 50.6 Å². The molecule has 0 bridgehead atoms. The zero-order valence-corrected chi connectivity index (χ0v) is 25.6. The van der Waals surface area contributed by atoms with Crippen LogP contribution in [0.2, 0.25) is 0 Å². The van der Waals surface area contributed by atoms with Gasteiger partial charge in [0.1, 0.15) is 11.9 Å². The first-order valence-electron chi connectivity index (χ1n) is 15.0. The van der Waals surface area contributed by atoms with Gasteiger partial charge < -0.3 is 44.3 Å². The van der Waals surface area contributed by atoms with Gasteiger partial charge in [0.15, 0.2) is 23.0 Å². The van der Waals surface area contributed by atoms with E-state index in [1.165, 1.54) is 0 Å². The topological polar surface area (TPSA) is 131 Å². The SMILES string of the molecule is C[C@@H]1CN([C@H](C)CO)C(=O)Cc2cc(NC(=O)Nc3ccc4c(c3)OCO4)ccc2O[C@H]1CN(C)Cc1ccc2c(c1)OCO2. The maximum atomic E-state index is 13.6. The first kappa shape index (κ1) is 30.4. The number of benzene rings is 3. The minimum absolute atomic E-state index is 0.0432. The van der Waals surface area contributed by atoms with Crippen LogP contribution in [0.25, 0.3) is 0 Å². The molecule has 3 heterocycles. The Kier molecular flexibility index (Phi) is 8.85. The summed E-state index contributed by atoms with van der Waals surface area (Å²) in [6, 6.07) is 15.6. The first-order chi connectivity index (χ1) is 21.7. The fourth-order valence-corrected chi connectivity index (χ4v) is 5.72. The molecule has 12 heteroatoms. The average molecular weight is 619 g/mol. The number of anilines is 2. The zero-order chi connectivity index (χ0) is 31.5. The summed E-state index contributed by atoms with van der Waals surface area (Å²) in [4.78, 5) is 30.3. The summed E-state index contributed by atoms with van der Waals surface area (Å²) in [5, 5.41) is 15.6. The number of hydrogen-bond donors (Lipinski definition) is 3. The number of carbonyl (C=O) groups excluding carboxylic acids is 2. The standard InChI is InChI=1S/C33H38N4O8/c1-20-14-37(21(2)17-38)32(39)12-23-11-24(34-33(40)35-25-6-9-28-30(13-25)44-19-42-28)5-8-26(23)45-31(20)16-36(3)15-22-4-7-27-29(10-22)43-18-41-27/h4-11,13,20-21,31,38H,12,14-19H2,1-3H3,(H2,34,35,40)/t20-,21-,31+/m1/s1. The molecule has 3 aromatic rings. The highest BCUT2D eigenvalue weighted by Crippen LogP contribution is 2.35. The molecule has 0 radical (unpaired) electrons. The van der Waals surface area contributed by atoms with Gasteiger partial charge in [-0.15, -0.1) is 0 Å². The minimum Gasteiger partial charge on any atom is -0.488 e. The molecule has 0 aliphatic carbocycles. The number of nitrogens with zero attached hydrogens (tertiary/aromatic N) is 2. The molecule has 0 saturated carbocycles. The predicted octanol–water partition coefficient (Wildman–Crippen LogP) is 4.07. The summed E-state index contributed by atoms with van der Waals surface area (Å²) >= 11 is 0. The summed E-state index contributed by atoms with van der Waals surface area (Å²) in [6.07, 6.45) is -0.207. The second-order valence-electron chi connectivity index (χ2n) is 11.7. The molecule has 0 unspecified atom stereocenters. The fourth-order valence-electron chi connectivity index (χ4n) is 5.72. The number of likely N-dealkylation sites (N-methyl/N-ethyl adjacent to an activating group) is 1. The second-order valence-corrected chi connectivity index (χ2v) is 11.7. The van der Waals surface area contributed by atoms with Gasteiger partial charge in [-0.1, -0.05) is 13.0 Å². The Morgan fingerprint density at radius 2 is 1.56 bits per heavy atom. The van der Waals surface area contributed by atoms with Crippen molar-refractivity contribution in [2.75, 3.05) is 51.0 Å². The smallest absolute Gasteiger partial charge is 0.323 e. The van der Waals surface area contributed by atoms with Crippen molar-refractivity contribution in [2.24, 2.45) is 5.92 Å². The molecular formula is C33H38N4O8. The number of rotatable bonds is 8. The number of nitrogens with one attached hydrogen (secondary N) is 2. The number of aliphatic hydroxyl groups is 1. The molecule has 45 heavy (non-hydrogen) atoms. The van der Waals surface area contributed by atoms with E-state index in [1.807, 2.05) is 32.2 Å². The van der Waals surface area contributed by atoms with Gasteiger partial charge in [-0.05, 0) is 62.0 Å². The van der Waals surface area contributed by atoms with Crippen molar-refractivity contribution in [1.29, 1.82) is 0 Å². The van der Waals surface area contributed by atoms with Crippen LogP contribution >= 0.6 is 0 Å². The largest absolute Gasteiger partial charge is 0.488 e. The average Bonchev–Trinajstić information content (AvgIpc) is 3.69. The number of hydrogen-bond acceptors (Lipinski definition) is 9. The van der Waals surface area contributed by atoms with Crippen molar-refractivity contribution in [1.82, 2.24) is 9.80 Å². The Balaban J connectivity index is 1.19. The molecule has 0 spiro atoms. The van der Waals surface area contributed by atoms with Crippen LogP contribution in [0.4, 0.5) is 16.2 Å². The van der Waals surface area contributed by atoms with Crippen LogP contribution in [0.3, 0.4) is 0 Å². The lowest BCUT2D eigenvalue weighted by Gasteiger charge is -2.34. The molecule has 3 aromatic carbocycles. The van der Waals surface area contributed by atoms with Crippen LogP contribution in [0, 0.1) is 5.92 Å². The lowest BCUT2D eigenvalue weighted by Crippen LogP contribution is -2.47. The van der Waals surface area contributed by atoms with Crippen LogP contribution in [0.5, 0.6) is 28.7 Å². The molecular weight excluding hydrogens is 580 g/mol. The van der Waals surface area contributed by atoms with Gasteiger partial charge in [0.05, 0.1) is 19.1 Å². The highest BCUT2D eigenvalue weighted by molar-refractivity contribution is 6.00. The number of ether oxygens (including phenoxy) is 5. The maximum absolute atomic E-state index is 13.6. The summed E-state index contributed by atoms with van der Waals surface area (Å²) in [6.45, 7) is 5.79. The maximum Gasteiger partial charge on any atom is 0.323 e. The van der Waals surface area contributed by atoms with Gasteiger partial charge in [-0.25, -0.2) is 4.79 Å². The molecule has 0 saturated heterocycles. The van der Waals surface area contributed by atoms with Gasteiger partial charge in [-0.2, -0.15) is 0 Å². The third-order valence-electron chi connectivity index (χ3n) is 8.19. The number of urea groups is 1. The number of amides is 3. The molecule has 3 aliphatic heterocycles. The molecule has 12 nitrogen and oxygen atoms in total. The number of fused-ring (bicyclic) bond motifs is 3. The minimum atomic E-state index is -0.448. The van der Waals surface area contributed by atoms with Crippen molar-refractivity contribution < 1.29 is 38.4 Å². The van der Waals surface area contributed by atoms with E-state index in [0.29, 0.717) is 53.8 Å².